The number of carbonyl (C=O) groups excluding carboxylic acids is 1. The molecule has 108 valence electrons. The van der Waals surface area contributed by atoms with Gasteiger partial charge in [-0.15, -0.1) is 0 Å². The van der Waals surface area contributed by atoms with Crippen LogP contribution in [0.25, 0.3) is 0 Å². The molecule has 0 radical (unpaired) electrons. The highest BCUT2D eigenvalue weighted by molar-refractivity contribution is 5.98. The van der Waals surface area contributed by atoms with Gasteiger partial charge < -0.3 is 15.1 Å². The van der Waals surface area contributed by atoms with E-state index in [0.717, 1.165) is 4.90 Å². The Morgan fingerprint density at radius 3 is 2.65 bits per heavy atom. The number of β-amino-alcohol motifs (C(OH)–C–C–N with tert-alkyl or cyclic N) is 1. The molecule has 2 atom stereocenters. The van der Waals surface area contributed by atoms with Gasteiger partial charge in [-0.25, -0.2) is 9.89 Å². The van der Waals surface area contributed by atoms with Gasteiger partial charge in [0, 0.05) is 13.0 Å². The lowest BCUT2D eigenvalue weighted by atomic mass is 10.1. The van der Waals surface area contributed by atoms with E-state index < -0.39 is 29.6 Å². The number of nitrogens with one attached hydrogen (secondary N) is 1. The van der Waals surface area contributed by atoms with E-state index in [1.807, 2.05) is 0 Å². The molecule has 1 aliphatic rings. The lowest BCUT2D eigenvalue weighted by Crippen LogP contribution is -2.43. The van der Waals surface area contributed by atoms with Crippen LogP contribution in [0.4, 0.5) is 0 Å². The van der Waals surface area contributed by atoms with Gasteiger partial charge in [-0.2, -0.15) is 5.10 Å². The summed E-state index contributed by atoms with van der Waals surface area (Å²) in [5, 5.41) is 24.6. The number of aliphatic hydroxyl groups excluding tert-OH is 1. The first kappa shape index (κ1) is 14.2. The van der Waals surface area contributed by atoms with E-state index in [1.165, 1.54) is 0 Å². The van der Waals surface area contributed by atoms with Crippen molar-refractivity contribution in [1.82, 2.24) is 15.1 Å². The number of aliphatic hydroxyl groups is 1. The number of hydrogen-bond acceptors (Lipinski definition) is 5. The van der Waals surface area contributed by atoms with Crippen LogP contribution in [0.3, 0.4) is 0 Å². The minimum atomic E-state index is -1.20. The maximum atomic E-state index is 12.4. The van der Waals surface area contributed by atoms with Crippen molar-refractivity contribution < 1.29 is 19.8 Å². The maximum absolute atomic E-state index is 12.4. The molecule has 0 aliphatic carbocycles. The van der Waals surface area contributed by atoms with Gasteiger partial charge in [0.1, 0.15) is 11.6 Å². The number of hydrogen-bond donors (Lipinski definition) is 3. The van der Waals surface area contributed by atoms with Crippen LogP contribution in [0.2, 0.25) is 0 Å². The van der Waals surface area contributed by atoms with Crippen molar-refractivity contribution in [3.63, 3.8) is 0 Å². The molecular weight excluding hydrogens is 266 g/mol. The molecule has 1 aliphatic heterocycles. The van der Waals surface area contributed by atoms with Crippen LogP contribution in [0, 0.1) is 13.8 Å². The van der Waals surface area contributed by atoms with E-state index in [1.54, 1.807) is 13.8 Å². The fraction of sp³-hybridized carbons (Fsp3) is 0.500. The zero-order valence-electron chi connectivity index (χ0n) is 11.1. The number of likely N-dealkylation sites (tertiary alicyclic amines) is 1. The Bertz CT molecular complexity index is 624. The van der Waals surface area contributed by atoms with Gasteiger partial charge in [0.2, 0.25) is 0 Å². The quantitative estimate of drug-likeness (QED) is 0.642. The highest BCUT2D eigenvalue weighted by atomic mass is 16.4. The predicted molar refractivity (Wildman–Crippen MR) is 67.4 cm³/mol. The molecule has 0 bridgehead atoms. The van der Waals surface area contributed by atoms with Gasteiger partial charge in [-0.1, -0.05) is 0 Å². The number of H-pyrrole nitrogens is 1. The highest BCUT2D eigenvalue weighted by Gasteiger charge is 2.40. The van der Waals surface area contributed by atoms with E-state index in [-0.39, 0.29) is 18.5 Å². The summed E-state index contributed by atoms with van der Waals surface area (Å²) in [7, 11) is 0. The van der Waals surface area contributed by atoms with E-state index in [4.69, 9.17) is 5.11 Å². The molecule has 1 aromatic rings. The molecule has 2 rings (SSSR count). The SMILES string of the molecule is Cc1n[nH]c(=O)c(C(=O)N2C[C@H](O)C[C@H]2C(=O)O)c1C. The second kappa shape index (κ2) is 5.04. The third-order valence-corrected chi connectivity index (χ3v) is 3.51. The number of carboxylic acid groups (broad SMARTS) is 1. The molecule has 0 unspecified atom stereocenters. The summed E-state index contributed by atoms with van der Waals surface area (Å²) in [6.07, 6.45) is -0.940. The molecule has 0 aromatic carbocycles. The molecular formula is C12H15N3O5. The Balaban J connectivity index is 2.44. The summed E-state index contributed by atoms with van der Waals surface area (Å²) in [5.74, 6) is -1.90. The largest absolute Gasteiger partial charge is 0.480 e. The molecule has 2 heterocycles. The summed E-state index contributed by atoms with van der Waals surface area (Å²) in [6.45, 7) is 3.11. The fourth-order valence-corrected chi connectivity index (χ4v) is 2.30. The topological polar surface area (TPSA) is 124 Å². The van der Waals surface area contributed by atoms with E-state index in [2.05, 4.69) is 10.2 Å². The van der Waals surface area contributed by atoms with Crippen molar-refractivity contribution in [2.24, 2.45) is 0 Å². The second-order valence-corrected chi connectivity index (χ2v) is 4.84. The van der Waals surface area contributed by atoms with Crippen LogP contribution in [0.1, 0.15) is 28.0 Å². The minimum absolute atomic E-state index is 0.0396. The summed E-state index contributed by atoms with van der Waals surface area (Å²) in [4.78, 5) is 36.3. The van der Waals surface area contributed by atoms with Crippen molar-refractivity contribution >= 4 is 11.9 Å². The number of aromatic amines is 1. The average Bonchev–Trinajstić information content (AvgIpc) is 2.76. The van der Waals surface area contributed by atoms with Crippen molar-refractivity contribution in [3.8, 4) is 0 Å². The Labute approximate surface area is 114 Å². The number of aryl methyl sites for hydroxylation is 1. The number of aromatic nitrogens is 2. The van der Waals surface area contributed by atoms with Crippen LogP contribution in [0.15, 0.2) is 4.79 Å². The number of rotatable bonds is 2. The fourth-order valence-electron chi connectivity index (χ4n) is 2.30. The lowest BCUT2D eigenvalue weighted by molar-refractivity contribution is -0.141. The van der Waals surface area contributed by atoms with Gasteiger partial charge in [0.25, 0.3) is 11.5 Å². The number of nitrogens with zero attached hydrogens (tertiary/aromatic N) is 2. The molecule has 8 heteroatoms. The monoisotopic (exact) mass is 281 g/mol. The molecule has 3 N–H and O–H groups in total. The molecule has 1 aromatic heterocycles. The number of carboxylic acids is 1. The average molecular weight is 281 g/mol. The molecule has 0 saturated carbocycles. The summed E-state index contributed by atoms with van der Waals surface area (Å²) in [6, 6.07) is -1.12. The van der Waals surface area contributed by atoms with Gasteiger partial charge in [0.05, 0.1) is 11.8 Å². The summed E-state index contributed by atoms with van der Waals surface area (Å²) in [5.41, 5.74) is 0.102. The van der Waals surface area contributed by atoms with Crippen LogP contribution in [0.5, 0.6) is 0 Å². The van der Waals surface area contributed by atoms with Gasteiger partial charge >= 0.3 is 5.97 Å². The maximum Gasteiger partial charge on any atom is 0.326 e. The third-order valence-electron chi connectivity index (χ3n) is 3.51. The number of amides is 1. The summed E-state index contributed by atoms with van der Waals surface area (Å²) >= 11 is 0. The zero-order chi connectivity index (χ0) is 15.0. The first-order chi connectivity index (χ1) is 9.32. The second-order valence-electron chi connectivity index (χ2n) is 4.84. The van der Waals surface area contributed by atoms with Crippen LogP contribution in [-0.4, -0.2) is 55.9 Å². The third kappa shape index (κ3) is 2.29. The minimum Gasteiger partial charge on any atom is -0.480 e. The van der Waals surface area contributed by atoms with E-state index >= 15 is 0 Å². The smallest absolute Gasteiger partial charge is 0.326 e. The Morgan fingerprint density at radius 1 is 1.40 bits per heavy atom. The van der Waals surface area contributed by atoms with Crippen molar-refractivity contribution in [1.29, 1.82) is 0 Å². The Kier molecular flexibility index (Phi) is 3.58. The van der Waals surface area contributed by atoms with Crippen molar-refractivity contribution in [3.05, 3.63) is 27.2 Å². The molecule has 1 fully saturated rings. The molecule has 0 spiro atoms. The van der Waals surface area contributed by atoms with Crippen LogP contribution < -0.4 is 5.56 Å². The Hall–Kier alpha value is -2.22. The standard InChI is InChI=1S/C12H15N3O5/c1-5-6(2)13-14-10(17)9(5)11(18)15-4-7(16)3-8(15)12(19)20/h7-8,16H,3-4H2,1-2H3,(H,14,17)(H,19,20)/t7-,8+/m1/s1. The molecule has 1 amide bonds. The van der Waals surface area contributed by atoms with Gasteiger partial charge in [0.15, 0.2) is 0 Å². The van der Waals surface area contributed by atoms with Crippen LogP contribution >= 0.6 is 0 Å². The van der Waals surface area contributed by atoms with E-state index in [9.17, 15) is 19.5 Å². The normalized spacial score (nSPS) is 22.1. The lowest BCUT2D eigenvalue weighted by Gasteiger charge is -2.21. The molecule has 8 nitrogen and oxygen atoms in total. The molecule has 1 saturated heterocycles. The van der Waals surface area contributed by atoms with Gasteiger partial charge in [-0.3, -0.25) is 9.59 Å². The predicted octanol–water partition coefficient (Wildman–Crippen LogP) is -0.953. The zero-order valence-corrected chi connectivity index (χ0v) is 11.1. The summed E-state index contributed by atoms with van der Waals surface area (Å²) < 4.78 is 0. The van der Waals surface area contributed by atoms with Crippen molar-refractivity contribution in [2.75, 3.05) is 6.54 Å². The van der Waals surface area contributed by atoms with Crippen LogP contribution in [-0.2, 0) is 4.79 Å². The molecule has 20 heavy (non-hydrogen) atoms. The highest BCUT2D eigenvalue weighted by Crippen LogP contribution is 2.21. The van der Waals surface area contributed by atoms with Crippen molar-refractivity contribution in [2.45, 2.75) is 32.4 Å². The number of aliphatic carboxylic acids is 1. The first-order valence-corrected chi connectivity index (χ1v) is 6.10. The number of carbonyl (C=O) groups is 2. The van der Waals surface area contributed by atoms with E-state index in [0.29, 0.717) is 11.3 Å². The van der Waals surface area contributed by atoms with Gasteiger partial charge in [-0.05, 0) is 19.4 Å². The first-order valence-electron chi connectivity index (χ1n) is 6.10. The Morgan fingerprint density at radius 2 is 2.05 bits per heavy atom.